The second-order valence-electron chi connectivity index (χ2n) is 7.56. The maximum Gasteiger partial charge on any atom is 0.419 e. The predicted molar refractivity (Wildman–Crippen MR) is 116 cm³/mol. The van der Waals surface area contributed by atoms with E-state index in [2.05, 4.69) is 22.5 Å². The van der Waals surface area contributed by atoms with E-state index < -0.39 is 11.7 Å². The topological polar surface area (TPSA) is 59.3 Å². The van der Waals surface area contributed by atoms with Gasteiger partial charge in [-0.15, -0.1) is 10.7 Å². The largest absolute Gasteiger partial charge is 0.493 e. The highest BCUT2D eigenvalue weighted by atomic mass is 32.2. The zero-order valence-electron chi connectivity index (χ0n) is 17.0. The second kappa shape index (κ2) is 10.9. The number of alkyl halides is 3. The summed E-state index contributed by atoms with van der Waals surface area (Å²) >= 11 is 0. The molecule has 0 amide bonds. The van der Waals surface area contributed by atoms with Gasteiger partial charge in [0.1, 0.15) is 5.75 Å². The highest BCUT2D eigenvalue weighted by Crippen LogP contribution is 2.39. The zero-order valence-corrected chi connectivity index (χ0v) is 17.8. The van der Waals surface area contributed by atoms with Gasteiger partial charge < -0.3 is 15.8 Å². The fourth-order valence-electron chi connectivity index (χ4n) is 2.86. The van der Waals surface area contributed by atoms with Crippen molar-refractivity contribution in [3.8, 4) is 5.75 Å². The van der Waals surface area contributed by atoms with Gasteiger partial charge in [0.25, 0.3) is 0 Å². The molecule has 0 heterocycles. The molecule has 1 aromatic carbocycles. The summed E-state index contributed by atoms with van der Waals surface area (Å²) in [7, 11) is -0.271. The van der Waals surface area contributed by atoms with Gasteiger partial charge >= 0.3 is 6.18 Å². The van der Waals surface area contributed by atoms with Gasteiger partial charge in [0.05, 0.1) is 18.0 Å². The molecule has 1 aliphatic rings. The number of hydrogen-bond acceptors (Lipinski definition) is 4. The second-order valence-corrected chi connectivity index (χ2v) is 9.19. The predicted octanol–water partition coefficient (Wildman–Crippen LogP) is 4.95. The number of nitrogens with two attached hydrogens (primary N) is 1. The molecule has 0 bridgehead atoms. The van der Waals surface area contributed by atoms with Crippen molar-refractivity contribution in [2.75, 3.05) is 18.9 Å². The Kier molecular flexibility index (Phi) is 8.89. The van der Waals surface area contributed by atoms with Gasteiger partial charge in [-0.3, -0.25) is 4.72 Å². The molecule has 1 fully saturated rings. The van der Waals surface area contributed by atoms with E-state index in [1.54, 1.807) is 0 Å². The number of unbranched alkanes of at least 4 members (excludes halogenated alkanes) is 2. The Hall–Kier alpha value is -1.67. The molecule has 1 saturated carbocycles. The van der Waals surface area contributed by atoms with E-state index >= 15 is 0 Å². The minimum Gasteiger partial charge on any atom is -0.493 e. The van der Waals surface area contributed by atoms with Crippen LogP contribution in [0.25, 0.3) is 0 Å². The van der Waals surface area contributed by atoms with Crippen molar-refractivity contribution in [2.45, 2.75) is 51.2 Å². The third kappa shape index (κ3) is 8.70. The molecule has 0 saturated heterocycles. The monoisotopic (exact) mass is 431 g/mol. The quantitative estimate of drug-likeness (QED) is 0.306. The molecule has 4 nitrogen and oxygen atoms in total. The standard InChI is InChI=1S/C21H32F3N3OS/c1-15(27-29(3)12-6-4-5-11-26-16(2)25)18-9-10-19(21(22,23)24)20(13-18)28-14-17-7-8-17/h9-10,13,15,17,26-27H,2-8,11-12,14,25H2,1H3/t15-,29?/m0/s1. The Morgan fingerprint density at radius 3 is 2.66 bits per heavy atom. The van der Waals surface area contributed by atoms with Crippen LogP contribution in [0.4, 0.5) is 13.2 Å². The van der Waals surface area contributed by atoms with Crippen molar-refractivity contribution < 1.29 is 17.9 Å². The fourth-order valence-corrected chi connectivity index (χ4v) is 4.16. The summed E-state index contributed by atoms with van der Waals surface area (Å²) in [4.78, 5) is 0. The van der Waals surface area contributed by atoms with Crippen molar-refractivity contribution in [3.05, 3.63) is 41.7 Å². The van der Waals surface area contributed by atoms with E-state index in [0.29, 0.717) is 18.3 Å². The minimum atomic E-state index is -4.42. The van der Waals surface area contributed by atoms with Crippen LogP contribution in [-0.4, -0.2) is 24.8 Å². The molecule has 1 unspecified atom stereocenters. The summed E-state index contributed by atoms with van der Waals surface area (Å²) in [6.07, 6.45) is 0.711. The van der Waals surface area contributed by atoms with Gasteiger partial charge in [-0.25, -0.2) is 0 Å². The van der Waals surface area contributed by atoms with Gasteiger partial charge in [0, 0.05) is 18.3 Å². The molecule has 0 radical (unpaired) electrons. The molecule has 0 spiro atoms. The van der Waals surface area contributed by atoms with Crippen molar-refractivity contribution in [1.82, 2.24) is 10.0 Å². The average Bonchev–Trinajstić information content (AvgIpc) is 3.46. The number of benzene rings is 1. The average molecular weight is 432 g/mol. The van der Waals surface area contributed by atoms with Crippen LogP contribution in [-0.2, 0) is 6.18 Å². The fraction of sp³-hybridized carbons (Fsp3) is 0.571. The van der Waals surface area contributed by atoms with Gasteiger partial charge in [-0.05, 0) is 56.2 Å². The molecule has 2 rings (SSSR count). The Morgan fingerprint density at radius 2 is 2.03 bits per heavy atom. The van der Waals surface area contributed by atoms with E-state index in [-0.39, 0.29) is 22.5 Å². The summed E-state index contributed by atoms with van der Waals surface area (Å²) in [5.74, 6) is 5.86. The van der Waals surface area contributed by atoms with Gasteiger partial charge in [0.2, 0.25) is 0 Å². The molecule has 1 aromatic rings. The molecule has 164 valence electrons. The van der Waals surface area contributed by atoms with Crippen molar-refractivity contribution in [1.29, 1.82) is 0 Å². The molecular weight excluding hydrogens is 399 g/mol. The zero-order chi connectivity index (χ0) is 21.4. The number of hydrogen-bond donors (Lipinski definition) is 3. The lowest BCUT2D eigenvalue weighted by atomic mass is 10.1. The number of ether oxygens (including phenoxy) is 1. The summed E-state index contributed by atoms with van der Waals surface area (Å²) < 4.78 is 48.8. The smallest absolute Gasteiger partial charge is 0.419 e. The van der Waals surface area contributed by atoms with E-state index in [9.17, 15) is 13.2 Å². The van der Waals surface area contributed by atoms with Gasteiger partial charge in [-0.2, -0.15) is 13.2 Å². The Labute approximate surface area is 174 Å². The van der Waals surface area contributed by atoms with Crippen LogP contribution in [0.15, 0.2) is 30.6 Å². The van der Waals surface area contributed by atoms with Crippen LogP contribution in [0, 0.1) is 5.92 Å². The third-order valence-corrected chi connectivity index (χ3v) is 6.21. The Bertz CT molecular complexity index is 705. The van der Waals surface area contributed by atoms with E-state index in [4.69, 9.17) is 10.5 Å². The molecule has 0 aromatic heterocycles. The SMILES string of the molecule is C=C(N)NCCCCCS(=C)N[C@@H](C)c1ccc(C(F)(F)F)c(OCC2CC2)c1. The molecule has 8 heteroatoms. The molecule has 1 aliphatic carbocycles. The minimum absolute atomic E-state index is 0.0755. The lowest BCUT2D eigenvalue weighted by molar-refractivity contribution is -0.139. The van der Waals surface area contributed by atoms with Crippen molar-refractivity contribution in [2.24, 2.45) is 11.7 Å². The van der Waals surface area contributed by atoms with Crippen LogP contribution in [0.3, 0.4) is 0 Å². The van der Waals surface area contributed by atoms with Crippen molar-refractivity contribution >= 4 is 16.5 Å². The molecule has 4 N–H and O–H groups in total. The molecule has 29 heavy (non-hydrogen) atoms. The van der Waals surface area contributed by atoms with Crippen LogP contribution in [0.1, 0.15) is 56.2 Å². The van der Waals surface area contributed by atoms with E-state index in [0.717, 1.165) is 56.0 Å². The normalized spacial score (nSPS) is 16.3. The lowest BCUT2D eigenvalue weighted by Crippen LogP contribution is -2.19. The van der Waals surface area contributed by atoms with Crippen LogP contribution in [0.5, 0.6) is 5.75 Å². The van der Waals surface area contributed by atoms with Crippen LogP contribution in [0.2, 0.25) is 0 Å². The maximum absolute atomic E-state index is 13.3. The lowest BCUT2D eigenvalue weighted by Gasteiger charge is -2.20. The number of halogens is 3. The molecular formula is C21H32F3N3OS. The molecule has 0 aliphatic heterocycles. The first-order valence-corrected chi connectivity index (χ1v) is 11.5. The third-order valence-electron chi connectivity index (χ3n) is 4.75. The van der Waals surface area contributed by atoms with Gasteiger partial charge in [0.15, 0.2) is 0 Å². The summed E-state index contributed by atoms with van der Waals surface area (Å²) in [6.45, 7) is 6.68. The Morgan fingerprint density at radius 1 is 1.31 bits per heavy atom. The van der Waals surface area contributed by atoms with Gasteiger partial charge in [-0.1, -0.05) is 24.9 Å². The maximum atomic E-state index is 13.3. The highest BCUT2D eigenvalue weighted by Gasteiger charge is 2.35. The molecule has 2 atom stereocenters. The first kappa shape index (κ1) is 23.6. The number of rotatable bonds is 13. The van der Waals surface area contributed by atoms with E-state index in [1.807, 2.05) is 6.92 Å². The number of nitrogens with one attached hydrogen (secondary N) is 2. The first-order chi connectivity index (χ1) is 13.7. The summed E-state index contributed by atoms with van der Waals surface area (Å²) in [5, 5.41) is 2.99. The van der Waals surface area contributed by atoms with E-state index in [1.165, 1.54) is 12.1 Å². The van der Waals surface area contributed by atoms with Crippen LogP contribution >= 0.6 is 10.7 Å². The van der Waals surface area contributed by atoms with Crippen LogP contribution < -0.4 is 20.5 Å². The highest BCUT2D eigenvalue weighted by molar-refractivity contribution is 8.12. The summed E-state index contributed by atoms with van der Waals surface area (Å²) in [5.41, 5.74) is 5.51. The first-order valence-electron chi connectivity index (χ1n) is 9.95. The van der Waals surface area contributed by atoms with Crippen molar-refractivity contribution in [3.63, 3.8) is 0 Å². The summed E-state index contributed by atoms with van der Waals surface area (Å²) in [6, 6.07) is 4.05. The Balaban J connectivity index is 1.86.